The van der Waals surface area contributed by atoms with Gasteiger partial charge in [-0.3, -0.25) is 4.79 Å². The predicted molar refractivity (Wildman–Crippen MR) is 68.2 cm³/mol. The molecule has 1 amide bonds. The third kappa shape index (κ3) is 3.07. The summed E-state index contributed by atoms with van der Waals surface area (Å²) in [6, 6.07) is 5.59. The van der Waals surface area contributed by atoms with Crippen LogP contribution in [0.3, 0.4) is 0 Å². The molecule has 0 aliphatic carbocycles. The topological polar surface area (TPSA) is 81.6 Å². The molecule has 5 heteroatoms. The second-order valence-electron chi connectivity index (χ2n) is 4.48. The quantitative estimate of drug-likeness (QED) is 0.593. The van der Waals surface area contributed by atoms with Crippen molar-refractivity contribution in [1.29, 1.82) is 0 Å². The molecule has 0 aromatic heterocycles. The maximum atomic E-state index is 11.2. The van der Waals surface area contributed by atoms with Crippen LogP contribution in [-0.2, 0) is 17.8 Å². The Kier molecular flexibility index (Phi) is 4.30. The molecule has 1 aliphatic rings. The van der Waals surface area contributed by atoms with Crippen LogP contribution in [0.25, 0.3) is 0 Å². The summed E-state index contributed by atoms with van der Waals surface area (Å²) in [5.41, 5.74) is 3.10. The summed E-state index contributed by atoms with van der Waals surface area (Å²) in [4.78, 5) is 11.2. The number of hydrogen-bond acceptors (Lipinski definition) is 4. The van der Waals surface area contributed by atoms with E-state index in [0.29, 0.717) is 13.0 Å². The van der Waals surface area contributed by atoms with Crippen LogP contribution in [0, 0.1) is 0 Å². The van der Waals surface area contributed by atoms with E-state index in [4.69, 9.17) is 10.2 Å². The van der Waals surface area contributed by atoms with Gasteiger partial charge >= 0.3 is 0 Å². The van der Waals surface area contributed by atoms with Gasteiger partial charge in [0.25, 0.3) is 0 Å². The maximum absolute atomic E-state index is 11.2. The number of nitrogens with one attached hydrogen (secondary N) is 2. The number of anilines is 1. The molecule has 0 saturated carbocycles. The number of carbonyl (C=O) groups is 1. The molecule has 1 aliphatic heterocycles. The Labute approximate surface area is 106 Å². The van der Waals surface area contributed by atoms with Gasteiger partial charge in [-0.25, -0.2) is 0 Å². The Morgan fingerprint density at radius 2 is 2.06 bits per heavy atom. The molecule has 98 valence electrons. The summed E-state index contributed by atoms with van der Waals surface area (Å²) in [6.45, 7) is 0.419. The average Bonchev–Trinajstić information content (AvgIpc) is 2.40. The molecule has 0 atom stereocenters. The van der Waals surface area contributed by atoms with E-state index in [2.05, 4.69) is 10.6 Å². The smallest absolute Gasteiger partial charge is 0.224 e. The highest BCUT2D eigenvalue weighted by Gasteiger charge is 2.14. The molecule has 0 fully saturated rings. The van der Waals surface area contributed by atoms with Crippen molar-refractivity contribution in [3.05, 3.63) is 29.3 Å². The Morgan fingerprint density at radius 1 is 1.28 bits per heavy atom. The number of aryl methyl sites for hydroxylation is 1. The predicted octanol–water partition coefficient (Wildman–Crippen LogP) is 0.0141. The zero-order valence-corrected chi connectivity index (χ0v) is 10.1. The lowest BCUT2D eigenvalue weighted by molar-refractivity contribution is -0.116. The molecule has 0 bridgehead atoms. The van der Waals surface area contributed by atoms with E-state index in [1.165, 1.54) is 0 Å². The van der Waals surface area contributed by atoms with Crippen molar-refractivity contribution in [2.24, 2.45) is 0 Å². The van der Waals surface area contributed by atoms with E-state index < -0.39 is 0 Å². The zero-order valence-electron chi connectivity index (χ0n) is 10.1. The molecule has 0 unspecified atom stereocenters. The summed E-state index contributed by atoms with van der Waals surface area (Å²) < 4.78 is 0. The molecule has 1 aromatic carbocycles. The number of hydrogen-bond donors (Lipinski definition) is 4. The summed E-state index contributed by atoms with van der Waals surface area (Å²) in [7, 11) is 0. The minimum atomic E-state index is -0.291. The highest BCUT2D eigenvalue weighted by molar-refractivity contribution is 5.93. The summed E-state index contributed by atoms with van der Waals surface area (Å²) in [5, 5.41) is 23.8. The average molecular weight is 250 g/mol. The highest BCUT2D eigenvalue weighted by atomic mass is 16.3. The molecule has 18 heavy (non-hydrogen) atoms. The normalized spacial score (nSPS) is 14.5. The first-order valence-electron chi connectivity index (χ1n) is 6.09. The van der Waals surface area contributed by atoms with Gasteiger partial charge in [0, 0.05) is 18.7 Å². The van der Waals surface area contributed by atoms with Crippen LogP contribution in [0.5, 0.6) is 0 Å². The van der Waals surface area contributed by atoms with Crippen LogP contribution >= 0.6 is 0 Å². The third-order valence-corrected chi connectivity index (χ3v) is 3.10. The highest BCUT2D eigenvalue weighted by Crippen LogP contribution is 2.23. The first-order chi connectivity index (χ1) is 8.72. The number of fused-ring (bicyclic) bond motifs is 1. The standard InChI is InChI=1S/C13H18N2O3/c16-7-11(8-17)14-6-9-1-3-12-10(5-9)2-4-13(18)15-12/h1,3,5,11,14,16-17H,2,4,6-8H2,(H,15,18). The fourth-order valence-electron chi connectivity index (χ4n) is 2.00. The van der Waals surface area contributed by atoms with Crippen molar-refractivity contribution in [1.82, 2.24) is 5.32 Å². The third-order valence-electron chi connectivity index (χ3n) is 3.10. The van der Waals surface area contributed by atoms with Gasteiger partial charge < -0.3 is 20.8 Å². The summed E-state index contributed by atoms with van der Waals surface area (Å²) in [6.07, 6.45) is 1.29. The molecule has 5 nitrogen and oxygen atoms in total. The second kappa shape index (κ2) is 5.95. The van der Waals surface area contributed by atoms with Crippen molar-refractivity contribution in [3.8, 4) is 0 Å². The number of carbonyl (C=O) groups excluding carboxylic acids is 1. The van der Waals surface area contributed by atoms with Gasteiger partial charge in [-0.05, 0) is 23.6 Å². The Bertz CT molecular complexity index is 430. The Balaban J connectivity index is 2.01. The van der Waals surface area contributed by atoms with E-state index in [1.807, 2.05) is 18.2 Å². The molecule has 0 radical (unpaired) electrons. The second-order valence-corrected chi connectivity index (χ2v) is 4.48. The van der Waals surface area contributed by atoms with E-state index in [-0.39, 0.29) is 25.2 Å². The Morgan fingerprint density at radius 3 is 2.78 bits per heavy atom. The van der Waals surface area contributed by atoms with E-state index in [9.17, 15) is 4.79 Å². The summed E-state index contributed by atoms with van der Waals surface area (Å²) in [5.74, 6) is 0.0639. The first-order valence-corrected chi connectivity index (χ1v) is 6.09. The molecule has 4 N–H and O–H groups in total. The van der Waals surface area contributed by atoms with Crippen molar-refractivity contribution in [3.63, 3.8) is 0 Å². The van der Waals surface area contributed by atoms with Crippen LogP contribution in [-0.4, -0.2) is 35.4 Å². The van der Waals surface area contributed by atoms with Gasteiger partial charge in [-0.15, -0.1) is 0 Å². The van der Waals surface area contributed by atoms with Gasteiger partial charge in [0.2, 0.25) is 5.91 Å². The van der Waals surface area contributed by atoms with E-state index >= 15 is 0 Å². The lowest BCUT2D eigenvalue weighted by atomic mass is 10.0. The molecular formula is C13H18N2O3. The van der Waals surface area contributed by atoms with Crippen LogP contribution in [0.4, 0.5) is 5.69 Å². The SMILES string of the molecule is O=C1CCc2cc(CNC(CO)CO)ccc2N1. The van der Waals surface area contributed by atoms with Crippen LogP contribution < -0.4 is 10.6 Å². The lowest BCUT2D eigenvalue weighted by Crippen LogP contribution is -2.35. The van der Waals surface area contributed by atoms with Gasteiger partial charge in [0.1, 0.15) is 0 Å². The monoisotopic (exact) mass is 250 g/mol. The summed E-state index contributed by atoms with van der Waals surface area (Å²) >= 11 is 0. The van der Waals surface area contributed by atoms with E-state index in [1.54, 1.807) is 0 Å². The fraction of sp³-hybridized carbons (Fsp3) is 0.462. The number of aliphatic hydroxyl groups excluding tert-OH is 2. The van der Waals surface area contributed by atoms with Crippen molar-refractivity contribution in [2.75, 3.05) is 18.5 Å². The number of rotatable bonds is 5. The van der Waals surface area contributed by atoms with Crippen LogP contribution in [0.15, 0.2) is 18.2 Å². The zero-order chi connectivity index (χ0) is 13.0. The van der Waals surface area contributed by atoms with Gasteiger partial charge in [-0.1, -0.05) is 12.1 Å². The van der Waals surface area contributed by atoms with Crippen molar-refractivity contribution < 1.29 is 15.0 Å². The number of aliphatic hydroxyl groups is 2. The van der Waals surface area contributed by atoms with Crippen molar-refractivity contribution >= 4 is 11.6 Å². The molecule has 1 heterocycles. The number of amides is 1. The molecule has 2 rings (SSSR count). The minimum absolute atomic E-state index is 0.0639. The van der Waals surface area contributed by atoms with Gasteiger partial charge in [-0.2, -0.15) is 0 Å². The molecule has 0 saturated heterocycles. The fourth-order valence-corrected chi connectivity index (χ4v) is 2.00. The maximum Gasteiger partial charge on any atom is 0.224 e. The largest absolute Gasteiger partial charge is 0.395 e. The Hall–Kier alpha value is -1.43. The van der Waals surface area contributed by atoms with Gasteiger partial charge in [0.05, 0.1) is 19.3 Å². The molecule has 0 spiro atoms. The van der Waals surface area contributed by atoms with E-state index in [0.717, 1.165) is 23.2 Å². The molecule has 1 aromatic rings. The number of benzene rings is 1. The van der Waals surface area contributed by atoms with Crippen LogP contribution in [0.2, 0.25) is 0 Å². The first kappa shape index (κ1) is 13.0. The minimum Gasteiger partial charge on any atom is -0.395 e. The van der Waals surface area contributed by atoms with Crippen molar-refractivity contribution in [2.45, 2.75) is 25.4 Å². The van der Waals surface area contributed by atoms with Gasteiger partial charge in [0.15, 0.2) is 0 Å². The molecular weight excluding hydrogens is 232 g/mol. The van der Waals surface area contributed by atoms with Crippen LogP contribution in [0.1, 0.15) is 17.5 Å². The lowest BCUT2D eigenvalue weighted by Gasteiger charge is -2.18.